The standard InChI is InChI=1S/C44H84O12S/c1-3-5-7-9-11-13-15-17-18-19-20-21-23-25-27-29-31-33-40(46)55-37(35-54-44-43(49)42(48)41(47)38(56-44)36-57(50,51)52)34-53-39(45)32-30-28-26-24-22-16-14-12-10-8-6-4-2/h37-38,41-44,47-49H,3-36H2,1-2H3,(H,50,51,52). The second-order valence-corrected chi connectivity index (χ2v) is 17.9. The maximum atomic E-state index is 12.8. The third-order valence-corrected chi connectivity index (χ3v) is 11.7. The van der Waals surface area contributed by atoms with Gasteiger partial charge in [-0.25, -0.2) is 0 Å². The van der Waals surface area contributed by atoms with Gasteiger partial charge in [-0.05, 0) is 12.8 Å². The van der Waals surface area contributed by atoms with E-state index < -0.39 is 71.2 Å². The molecule has 338 valence electrons. The highest BCUT2D eigenvalue weighted by atomic mass is 32.2. The van der Waals surface area contributed by atoms with Crippen molar-refractivity contribution in [2.75, 3.05) is 19.0 Å². The second kappa shape index (κ2) is 35.4. The molecule has 0 aromatic carbocycles. The fourth-order valence-electron chi connectivity index (χ4n) is 7.33. The lowest BCUT2D eigenvalue weighted by Crippen LogP contribution is -2.60. The largest absolute Gasteiger partial charge is 0.462 e. The number of hydrogen-bond acceptors (Lipinski definition) is 11. The summed E-state index contributed by atoms with van der Waals surface area (Å²) in [5, 5.41) is 30.9. The summed E-state index contributed by atoms with van der Waals surface area (Å²) in [6.45, 7) is 3.78. The van der Waals surface area contributed by atoms with Crippen LogP contribution in [0.3, 0.4) is 0 Å². The predicted molar refractivity (Wildman–Crippen MR) is 224 cm³/mol. The summed E-state index contributed by atoms with van der Waals surface area (Å²) in [7, 11) is -4.59. The molecule has 0 aliphatic carbocycles. The molecule has 0 spiro atoms. The van der Waals surface area contributed by atoms with Gasteiger partial charge < -0.3 is 34.3 Å². The van der Waals surface area contributed by atoms with Gasteiger partial charge in [0.15, 0.2) is 12.4 Å². The van der Waals surface area contributed by atoms with E-state index in [1.54, 1.807) is 0 Å². The molecule has 4 N–H and O–H groups in total. The number of esters is 2. The van der Waals surface area contributed by atoms with Crippen LogP contribution < -0.4 is 0 Å². The lowest BCUT2D eigenvalue weighted by molar-refractivity contribution is -0.297. The van der Waals surface area contributed by atoms with Gasteiger partial charge in [0.05, 0.1) is 6.61 Å². The van der Waals surface area contributed by atoms with E-state index in [9.17, 15) is 37.9 Å². The number of aliphatic hydroxyl groups is 3. The van der Waals surface area contributed by atoms with Crippen molar-refractivity contribution in [2.24, 2.45) is 0 Å². The van der Waals surface area contributed by atoms with Crippen LogP contribution in [0.2, 0.25) is 0 Å². The van der Waals surface area contributed by atoms with Crippen molar-refractivity contribution < 1.29 is 56.8 Å². The van der Waals surface area contributed by atoms with E-state index in [1.807, 2.05) is 0 Å². The molecule has 1 fully saturated rings. The molecule has 1 rings (SSSR count). The van der Waals surface area contributed by atoms with Crippen LogP contribution in [0, 0.1) is 0 Å². The number of aliphatic hydroxyl groups excluding tert-OH is 3. The van der Waals surface area contributed by atoms with Crippen molar-refractivity contribution in [3.63, 3.8) is 0 Å². The number of carbonyl (C=O) groups excluding carboxylic acids is 2. The van der Waals surface area contributed by atoms with Crippen LogP contribution in [0.5, 0.6) is 0 Å². The smallest absolute Gasteiger partial charge is 0.306 e. The zero-order valence-corrected chi connectivity index (χ0v) is 36.8. The first-order valence-corrected chi connectivity index (χ1v) is 24.7. The maximum Gasteiger partial charge on any atom is 0.306 e. The molecule has 1 aliphatic heterocycles. The molecule has 1 saturated heterocycles. The molecular formula is C44H84O12S. The van der Waals surface area contributed by atoms with Crippen molar-refractivity contribution in [3.05, 3.63) is 0 Å². The number of hydrogen-bond donors (Lipinski definition) is 4. The molecular weight excluding hydrogens is 753 g/mol. The molecule has 0 radical (unpaired) electrons. The highest BCUT2D eigenvalue weighted by Gasteiger charge is 2.46. The van der Waals surface area contributed by atoms with Gasteiger partial charge in [0.2, 0.25) is 0 Å². The quantitative estimate of drug-likeness (QED) is 0.0262. The van der Waals surface area contributed by atoms with Crippen molar-refractivity contribution in [1.29, 1.82) is 0 Å². The minimum atomic E-state index is -4.59. The molecule has 6 atom stereocenters. The van der Waals surface area contributed by atoms with Crippen LogP contribution in [0.15, 0.2) is 0 Å². The summed E-state index contributed by atoms with van der Waals surface area (Å²) in [6, 6.07) is 0. The second-order valence-electron chi connectivity index (χ2n) is 16.4. The van der Waals surface area contributed by atoms with E-state index in [2.05, 4.69) is 13.8 Å². The summed E-state index contributed by atoms with van der Waals surface area (Å²) in [4.78, 5) is 25.4. The predicted octanol–water partition coefficient (Wildman–Crippen LogP) is 9.29. The Kier molecular flexibility index (Phi) is 33.3. The Balaban J connectivity index is 2.41. The van der Waals surface area contributed by atoms with Crippen molar-refractivity contribution in [2.45, 2.75) is 250 Å². The summed E-state index contributed by atoms with van der Waals surface area (Å²) in [6.07, 6.45) is 25.8. The Labute approximate surface area is 346 Å². The summed E-state index contributed by atoms with van der Waals surface area (Å²) in [5.41, 5.74) is 0. The summed E-state index contributed by atoms with van der Waals surface area (Å²) >= 11 is 0. The van der Waals surface area contributed by atoms with Crippen LogP contribution >= 0.6 is 0 Å². The van der Waals surface area contributed by atoms with Gasteiger partial charge in [-0.2, -0.15) is 8.42 Å². The van der Waals surface area contributed by atoms with E-state index in [-0.39, 0.29) is 19.4 Å². The molecule has 0 amide bonds. The zero-order valence-electron chi connectivity index (χ0n) is 36.0. The van der Waals surface area contributed by atoms with Crippen LogP contribution in [-0.4, -0.2) is 96.0 Å². The number of unbranched alkanes of at least 4 members (excludes halogenated alkanes) is 27. The van der Waals surface area contributed by atoms with Crippen molar-refractivity contribution >= 4 is 22.1 Å². The lowest BCUT2D eigenvalue weighted by atomic mass is 10.00. The van der Waals surface area contributed by atoms with Gasteiger partial charge in [0.1, 0.15) is 36.8 Å². The summed E-state index contributed by atoms with van der Waals surface area (Å²) in [5.74, 6) is -1.96. The molecule has 1 heterocycles. The van der Waals surface area contributed by atoms with Crippen molar-refractivity contribution in [1.82, 2.24) is 0 Å². The number of rotatable bonds is 39. The van der Waals surface area contributed by atoms with Crippen LogP contribution in [0.1, 0.15) is 213 Å². The third kappa shape index (κ3) is 30.4. The van der Waals surface area contributed by atoms with E-state index in [4.69, 9.17) is 18.9 Å². The van der Waals surface area contributed by atoms with Crippen LogP contribution in [0.25, 0.3) is 0 Å². The third-order valence-electron chi connectivity index (χ3n) is 10.9. The van der Waals surface area contributed by atoms with Gasteiger partial charge >= 0.3 is 11.9 Å². The molecule has 1 aliphatic rings. The molecule has 0 saturated carbocycles. The first-order chi connectivity index (χ1) is 27.5. The maximum absolute atomic E-state index is 12.8. The Morgan fingerprint density at radius 3 is 1.28 bits per heavy atom. The highest BCUT2D eigenvalue weighted by molar-refractivity contribution is 7.85. The zero-order chi connectivity index (χ0) is 42.0. The molecule has 0 bridgehead atoms. The van der Waals surface area contributed by atoms with Gasteiger partial charge in [-0.3, -0.25) is 14.1 Å². The molecule has 0 aromatic rings. The van der Waals surface area contributed by atoms with Gasteiger partial charge in [0, 0.05) is 12.8 Å². The minimum absolute atomic E-state index is 0.172. The molecule has 12 nitrogen and oxygen atoms in total. The molecule has 57 heavy (non-hydrogen) atoms. The minimum Gasteiger partial charge on any atom is -0.462 e. The Morgan fingerprint density at radius 1 is 0.526 bits per heavy atom. The Bertz CT molecular complexity index is 1070. The van der Waals surface area contributed by atoms with Crippen molar-refractivity contribution in [3.8, 4) is 0 Å². The normalized spacial score (nSPS) is 20.4. The van der Waals surface area contributed by atoms with E-state index >= 15 is 0 Å². The van der Waals surface area contributed by atoms with E-state index in [0.29, 0.717) is 12.8 Å². The Morgan fingerprint density at radius 2 is 0.895 bits per heavy atom. The molecule has 6 unspecified atom stereocenters. The molecule has 13 heteroatoms. The SMILES string of the molecule is CCCCCCCCCCCCCCCCCCCC(=O)OC(COC(=O)CCCCCCCCCCCCCC)COC1OC(CS(=O)(=O)O)C(O)C(O)C1O. The Hall–Kier alpha value is -1.35. The fraction of sp³-hybridized carbons (Fsp3) is 0.955. The average molecular weight is 837 g/mol. The van der Waals surface area contributed by atoms with E-state index in [1.165, 1.54) is 135 Å². The van der Waals surface area contributed by atoms with Gasteiger partial charge in [-0.15, -0.1) is 0 Å². The van der Waals surface area contributed by atoms with E-state index in [0.717, 1.165) is 38.5 Å². The average Bonchev–Trinajstić information content (AvgIpc) is 3.17. The highest BCUT2D eigenvalue weighted by Crippen LogP contribution is 2.24. The fourth-order valence-corrected chi connectivity index (χ4v) is 8.02. The van der Waals surface area contributed by atoms with Gasteiger partial charge in [0.25, 0.3) is 10.1 Å². The molecule has 0 aromatic heterocycles. The number of ether oxygens (including phenoxy) is 4. The van der Waals surface area contributed by atoms with Gasteiger partial charge in [-0.1, -0.05) is 187 Å². The van der Waals surface area contributed by atoms with Crippen LogP contribution in [0.4, 0.5) is 0 Å². The lowest BCUT2D eigenvalue weighted by Gasteiger charge is -2.40. The topological polar surface area (TPSA) is 186 Å². The van der Waals surface area contributed by atoms with Crippen LogP contribution in [-0.2, 0) is 38.7 Å². The summed E-state index contributed by atoms with van der Waals surface area (Å²) < 4.78 is 54.0. The first-order valence-electron chi connectivity index (χ1n) is 23.1. The first kappa shape index (κ1) is 53.7. The number of carbonyl (C=O) groups is 2. The monoisotopic (exact) mass is 837 g/mol.